The van der Waals surface area contributed by atoms with Crippen LogP contribution in [0.5, 0.6) is 0 Å². The first-order chi connectivity index (χ1) is 11.3. The quantitative estimate of drug-likeness (QED) is 0.568. The van der Waals surface area contributed by atoms with Crippen LogP contribution in [0.3, 0.4) is 0 Å². The van der Waals surface area contributed by atoms with E-state index < -0.39 is 16.4 Å². The number of carbonyl (C=O) groups is 1. The number of anilines is 2. The number of hydrogen-bond acceptors (Lipinski definition) is 7. The van der Waals surface area contributed by atoms with Crippen LogP contribution < -0.4 is 16.2 Å². The Hall–Kier alpha value is -3.23. The summed E-state index contributed by atoms with van der Waals surface area (Å²) in [6, 6.07) is 8.46. The molecule has 9 heteroatoms. The molecule has 2 aromatic rings. The average Bonchev–Trinajstić information content (AvgIpc) is 2.51. The van der Waals surface area contributed by atoms with Crippen molar-refractivity contribution in [3.05, 3.63) is 52.3 Å². The topological polar surface area (TPSA) is 122 Å². The van der Waals surface area contributed by atoms with Gasteiger partial charge in [-0.1, -0.05) is 18.2 Å². The van der Waals surface area contributed by atoms with Crippen molar-refractivity contribution < 1.29 is 9.72 Å². The first kappa shape index (κ1) is 17.1. The Bertz CT molecular complexity index is 743. The summed E-state index contributed by atoms with van der Waals surface area (Å²) in [5.41, 5.74) is 4.51. The lowest BCUT2D eigenvalue weighted by Crippen LogP contribution is -2.31. The van der Waals surface area contributed by atoms with Crippen LogP contribution in [0.25, 0.3) is 0 Å². The van der Waals surface area contributed by atoms with E-state index in [-0.39, 0.29) is 17.3 Å². The molecular formula is C15H18N6O3. The van der Waals surface area contributed by atoms with Gasteiger partial charge in [0, 0.05) is 11.1 Å². The number of nitrogens with one attached hydrogen (secondary N) is 3. The van der Waals surface area contributed by atoms with Gasteiger partial charge in [-0.3, -0.25) is 25.8 Å². The van der Waals surface area contributed by atoms with Crippen molar-refractivity contribution >= 4 is 23.2 Å². The Kier molecular flexibility index (Phi) is 4.93. The molecule has 0 aliphatic carbocycles. The molecule has 0 saturated heterocycles. The lowest BCUT2D eigenvalue weighted by atomic mass is 10.1. The van der Waals surface area contributed by atoms with E-state index in [4.69, 9.17) is 0 Å². The Morgan fingerprint density at radius 2 is 1.75 bits per heavy atom. The molecule has 0 spiro atoms. The van der Waals surface area contributed by atoms with Crippen molar-refractivity contribution in [2.75, 3.05) is 10.7 Å². The predicted octanol–water partition coefficient (Wildman–Crippen LogP) is 2.35. The van der Waals surface area contributed by atoms with Crippen molar-refractivity contribution in [1.82, 2.24) is 15.4 Å². The first-order valence-electron chi connectivity index (χ1n) is 7.17. The highest BCUT2D eigenvalue weighted by molar-refractivity contribution is 5.95. The second-order valence-electron chi connectivity index (χ2n) is 6.00. The molecule has 0 unspecified atom stereocenters. The average molecular weight is 330 g/mol. The van der Waals surface area contributed by atoms with Gasteiger partial charge in [-0.2, -0.15) is 0 Å². The lowest BCUT2D eigenvalue weighted by molar-refractivity contribution is -0.383. The standard InChI is InChI=1S/C15H18N6O3/c1-15(2,3)18-12-11(21(23)24)13(17-9-16-12)19-20-14(22)10-7-5-4-6-8-10/h4-9H,1-3H3,(H,20,22)(H2,16,17,18,19). The maximum atomic E-state index is 12.0. The molecule has 0 saturated carbocycles. The molecule has 0 aliphatic rings. The van der Waals surface area contributed by atoms with E-state index in [1.165, 1.54) is 6.33 Å². The number of rotatable bonds is 5. The zero-order valence-corrected chi connectivity index (χ0v) is 13.5. The van der Waals surface area contributed by atoms with Crippen molar-refractivity contribution in [2.24, 2.45) is 0 Å². The van der Waals surface area contributed by atoms with Crippen molar-refractivity contribution in [1.29, 1.82) is 0 Å². The highest BCUT2D eigenvalue weighted by Crippen LogP contribution is 2.30. The van der Waals surface area contributed by atoms with Crippen molar-refractivity contribution in [2.45, 2.75) is 26.3 Å². The normalized spacial score (nSPS) is 10.8. The molecule has 0 bridgehead atoms. The second kappa shape index (κ2) is 6.90. The van der Waals surface area contributed by atoms with E-state index in [2.05, 4.69) is 26.1 Å². The fourth-order valence-electron chi connectivity index (χ4n) is 1.87. The number of nitrogens with zero attached hydrogens (tertiary/aromatic N) is 3. The van der Waals surface area contributed by atoms with Gasteiger partial charge in [0.05, 0.1) is 4.92 Å². The third kappa shape index (κ3) is 4.38. The molecule has 9 nitrogen and oxygen atoms in total. The molecule has 0 fully saturated rings. The summed E-state index contributed by atoms with van der Waals surface area (Å²) in [6.07, 6.45) is 1.18. The Morgan fingerprint density at radius 3 is 2.33 bits per heavy atom. The highest BCUT2D eigenvalue weighted by atomic mass is 16.6. The lowest BCUT2D eigenvalue weighted by Gasteiger charge is -2.21. The molecule has 24 heavy (non-hydrogen) atoms. The second-order valence-corrected chi connectivity index (χ2v) is 6.00. The summed E-state index contributed by atoms with van der Waals surface area (Å²) in [5, 5.41) is 14.3. The van der Waals surface area contributed by atoms with Gasteiger partial charge in [-0.05, 0) is 32.9 Å². The van der Waals surface area contributed by atoms with Crippen LogP contribution in [0.4, 0.5) is 17.3 Å². The number of benzene rings is 1. The summed E-state index contributed by atoms with van der Waals surface area (Å²) in [5.74, 6) is -0.473. The summed E-state index contributed by atoms with van der Waals surface area (Å²) >= 11 is 0. The van der Waals surface area contributed by atoms with E-state index in [1.807, 2.05) is 20.8 Å². The number of aromatic nitrogens is 2. The van der Waals surface area contributed by atoms with E-state index in [0.29, 0.717) is 5.56 Å². The number of amides is 1. The molecule has 126 valence electrons. The zero-order chi connectivity index (χ0) is 17.7. The molecule has 2 rings (SSSR count). The molecule has 0 radical (unpaired) electrons. The number of carbonyl (C=O) groups excluding carboxylic acids is 1. The van der Waals surface area contributed by atoms with Crippen molar-refractivity contribution in [3.8, 4) is 0 Å². The largest absolute Gasteiger partial charge is 0.360 e. The van der Waals surface area contributed by atoms with Crippen LogP contribution in [0.1, 0.15) is 31.1 Å². The number of hydrazine groups is 1. The molecule has 0 atom stereocenters. The summed E-state index contributed by atoms with van der Waals surface area (Å²) in [6.45, 7) is 5.55. The number of hydrogen-bond donors (Lipinski definition) is 3. The fourth-order valence-corrected chi connectivity index (χ4v) is 1.87. The van der Waals surface area contributed by atoms with Gasteiger partial charge in [0.15, 0.2) is 0 Å². The molecule has 1 aromatic heterocycles. The van der Waals surface area contributed by atoms with Gasteiger partial charge in [-0.15, -0.1) is 0 Å². The van der Waals surface area contributed by atoms with Crippen LogP contribution in [-0.4, -0.2) is 26.3 Å². The summed E-state index contributed by atoms with van der Waals surface area (Å²) in [4.78, 5) is 30.5. The molecule has 1 aromatic carbocycles. The van der Waals surface area contributed by atoms with E-state index in [9.17, 15) is 14.9 Å². The third-order valence-electron chi connectivity index (χ3n) is 2.83. The smallest absolute Gasteiger partial charge is 0.354 e. The first-order valence-corrected chi connectivity index (χ1v) is 7.17. The maximum Gasteiger partial charge on any atom is 0.354 e. The Labute approximate surface area is 138 Å². The van der Waals surface area contributed by atoms with E-state index in [1.54, 1.807) is 30.3 Å². The minimum absolute atomic E-state index is 0.0685. The third-order valence-corrected chi connectivity index (χ3v) is 2.83. The Balaban J connectivity index is 2.22. The SMILES string of the molecule is CC(C)(C)Nc1ncnc(NNC(=O)c2ccccc2)c1[N+](=O)[O-]. The van der Waals surface area contributed by atoms with E-state index in [0.717, 1.165) is 0 Å². The minimum atomic E-state index is -0.606. The van der Waals surface area contributed by atoms with Crippen LogP contribution in [-0.2, 0) is 0 Å². The van der Waals surface area contributed by atoms with Crippen LogP contribution in [0.2, 0.25) is 0 Å². The van der Waals surface area contributed by atoms with Gasteiger partial charge < -0.3 is 5.32 Å². The molecule has 1 amide bonds. The minimum Gasteiger partial charge on any atom is -0.360 e. The maximum absolute atomic E-state index is 12.0. The fraction of sp³-hybridized carbons (Fsp3) is 0.267. The van der Waals surface area contributed by atoms with Gasteiger partial charge in [0.1, 0.15) is 6.33 Å². The molecule has 0 aliphatic heterocycles. The molecule has 1 heterocycles. The highest BCUT2D eigenvalue weighted by Gasteiger charge is 2.26. The molecule has 3 N–H and O–H groups in total. The monoisotopic (exact) mass is 330 g/mol. The van der Waals surface area contributed by atoms with Gasteiger partial charge >= 0.3 is 5.69 Å². The van der Waals surface area contributed by atoms with Crippen LogP contribution >= 0.6 is 0 Å². The van der Waals surface area contributed by atoms with Gasteiger partial charge in [0.25, 0.3) is 5.91 Å². The van der Waals surface area contributed by atoms with Gasteiger partial charge in [0.2, 0.25) is 11.6 Å². The summed E-state index contributed by atoms with van der Waals surface area (Å²) in [7, 11) is 0. The Morgan fingerprint density at radius 1 is 1.12 bits per heavy atom. The van der Waals surface area contributed by atoms with Gasteiger partial charge in [-0.25, -0.2) is 9.97 Å². The zero-order valence-electron chi connectivity index (χ0n) is 13.5. The number of nitro groups is 1. The predicted molar refractivity (Wildman–Crippen MR) is 89.6 cm³/mol. The van der Waals surface area contributed by atoms with Crippen LogP contribution in [0.15, 0.2) is 36.7 Å². The van der Waals surface area contributed by atoms with Crippen LogP contribution in [0, 0.1) is 10.1 Å². The van der Waals surface area contributed by atoms with E-state index >= 15 is 0 Å². The molecular weight excluding hydrogens is 312 g/mol. The van der Waals surface area contributed by atoms with Crippen molar-refractivity contribution in [3.63, 3.8) is 0 Å². The summed E-state index contributed by atoms with van der Waals surface area (Å²) < 4.78 is 0.